The second kappa shape index (κ2) is 13.4. The second-order valence-electron chi connectivity index (χ2n) is 9.55. The standard InChI is InChI=1S/C30H36FN3O4S/c1-5-23(4)32-30(36)28(6-2)33(20-24-14-12-22(3)13-15-24)29(35)21-34(26-10-8-7-9-11-26)39(37,38)27-18-16-25(31)17-19-27/h7-19,23,28H,5-6,20-21H2,1-4H3,(H,32,36). The fourth-order valence-electron chi connectivity index (χ4n) is 4.11. The predicted molar refractivity (Wildman–Crippen MR) is 151 cm³/mol. The molecule has 0 aliphatic carbocycles. The molecular weight excluding hydrogens is 517 g/mol. The molecule has 0 spiro atoms. The number of para-hydroxylation sites is 1. The van der Waals surface area contributed by atoms with Crippen LogP contribution in [0.5, 0.6) is 0 Å². The summed E-state index contributed by atoms with van der Waals surface area (Å²) in [6.07, 6.45) is 1.07. The summed E-state index contributed by atoms with van der Waals surface area (Å²) in [4.78, 5) is 28.5. The zero-order chi connectivity index (χ0) is 28.6. The van der Waals surface area contributed by atoms with Gasteiger partial charge in [-0.25, -0.2) is 12.8 Å². The largest absolute Gasteiger partial charge is 0.352 e. The van der Waals surface area contributed by atoms with E-state index in [0.717, 1.165) is 34.0 Å². The van der Waals surface area contributed by atoms with E-state index in [-0.39, 0.29) is 29.1 Å². The van der Waals surface area contributed by atoms with Crippen LogP contribution in [0.3, 0.4) is 0 Å². The molecule has 3 aromatic rings. The number of aryl methyl sites for hydroxylation is 1. The lowest BCUT2D eigenvalue weighted by molar-refractivity contribution is -0.140. The van der Waals surface area contributed by atoms with E-state index in [0.29, 0.717) is 6.42 Å². The van der Waals surface area contributed by atoms with E-state index in [1.807, 2.05) is 52.0 Å². The highest BCUT2D eigenvalue weighted by molar-refractivity contribution is 7.92. The van der Waals surface area contributed by atoms with Crippen LogP contribution in [0.25, 0.3) is 0 Å². The molecule has 0 aromatic heterocycles. The van der Waals surface area contributed by atoms with Crippen LogP contribution in [-0.4, -0.2) is 43.8 Å². The summed E-state index contributed by atoms with van der Waals surface area (Å²) in [5.74, 6) is -1.39. The van der Waals surface area contributed by atoms with Crippen LogP contribution >= 0.6 is 0 Å². The van der Waals surface area contributed by atoms with Crippen molar-refractivity contribution in [2.75, 3.05) is 10.8 Å². The number of halogens is 1. The van der Waals surface area contributed by atoms with Crippen LogP contribution in [0.15, 0.2) is 83.8 Å². The molecule has 3 rings (SSSR count). The zero-order valence-electron chi connectivity index (χ0n) is 22.8. The summed E-state index contributed by atoms with van der Waals surface area (Å²) in [6.45, 7) is 7.22. The third-order valence-corrected chi connectivity index (χ3v) is 8.37. The summed E-state index contributed by atoms with van der Waals surface area (Å²) in [7, 11) is -4.23. The molecule has 0 aliphatic rings. The molecule has 0 fully saturated rings. The van der Waals surface area contributed by atoms with Crippen molar-refractivity contribution in [1.82, 2.24) is 10.2 Å². The Morgan fingerprint density at radius 3 is 2.08 bits per heavy atom. The van der Waals surface area contributed by atoms with Crippen molar-refractivity contribution < 1.29 is 22.4 Å². The number of anilines is 1. The number of nitrogens with one attached hydrogen (secondary N) is 1. The zero-order valence-corrected chi connectivity index (χ0v) is 23.6. The molecule has 2 unspecified atom stereocenters. The number of sulfonamides is 1. The lowest BCUT2D eigenvalue weighted by Gasteiger charge is -2.33. The molecule has 0 bridgehead atoms. The average Bonchev–Trinajstić information content (AvgIpc) is 2.93. The van der Waals surface area contributed by atoms with Crippen molar-refractivity contribution in [3.8, 4) is 0 Å². The smallest absolute Gasteiger partial charge is 0.264 e. The molecule has 2 amide bonds. The lowest BCUT2D eigenvalue weighted by atomic mass is 10.1. The topological polar surface area (TPSA) is 86.8 Å². The molecule has 208 valence electrons. The first kappa shape index (κ1) is 29.8. The summed E-state index contributed by atoms with van der Waals surface area (Å²) in [5.41, 5.74) is 2.15. The molecule has 0 heterocycles. The Morgan fingerprint density at radius 1 is 0.897 bits per heavy atom. The van der Waals surface area contributed by atoms with E-state index < -0.39 is 34.3 Å². The van der Waals surface area contributed by atoms with Gasteiger partial charge in [0.2, 0.25) is 11.8 Å². The maximum absolute atomic E-state index is 14.0. The monoisotopic (exact) mass is 553 g/mol. The van der Waals surface area contributed by atoms with Gasteiger partial charge < -0.3 is 10.2 Å². The van der Waals surface area contributed by atoms with Gasteiger partial charge in [0.05, 0.1) is 10.6 Å². The summed E-state index contributed by atoms with van der Waals surface area (Å²) in [6, 6.07) is 19.5. The van der Waals surface area contributed by atoms with Crippen LogP contribution in [0.2, 0.25) is 0 Å². The van der Waals surface area contributed by atoms with E-state index in [4.69, 9.17) is 0 Å². The van der Waals surface area contributed by atoms with Gasteiger partial charge in [-0.1, -0.05) is 61.9 Å². The van der Waals surface area contributed by atoms with E-state index in [1.165, 1.54) is 17.0 Å². The molecule has 2 atom stereocenters. The van der Waals surface area contributed by atoms with Crippen molar-refractivity contribution in [2.45, 2.75) is 64.1 Å². The first-order valence-electron chi connectivity index (χ1n) is 13.1. The number of rotatable bonds is 12. The highest BCUT2D eigenvalue weighted by Crippen LogP contribution is 2.25. The van der Waals surface area contributed by atoms with Gasteiger partial charge in [-0.05, 0) is 68.7 Å². The van der Waals surface area contributed by atoms with Crippen molar-refractivity contribution in [1.29, 1.82) is 0 Å². The molecule has 3 aromatic carbocycles. The fraction of sp³-hybridized carbons (Fsp3) is 0.333. The highest BCUT2D eigenvalue weighted by Gasteiger charge is 2.33. The van der Waals surface area contributed by atoms with E-state index in [9.17, 15) is 22.4 Å². The van der Waals surface area contributed by atoms with Crippen LogP contribution < -0.4 is 9.62 Å². The van der Waals surface area contributed by atoms with Gasteiger partial charge in [-0.2, -0.15) is 0 Å². The maximum Gasteiger partial charge on any atom is 0.264 e. The number of amides is 2. The maximum atomic E-state index is 14.0. The van der Waals surface area contributed by atoms with Gasteiger partial charge in [0.15, 0.2) is 0 Å². The van der Waals surface area contributed by atoms with Gasteiger partial charge in [0.25, 0.3) is 10.0 Å². The van der Waals surface area contributed by atoms with Gasteiger partial charge in [0.1, 0.15) is 18.4 Å². The van der Waals surface area contributed by atoms with Gasteiger partial charge in [0, 0.05) is 12.6 Å². The minimum atomic E-state index is -4.23. The molecule has 7 nitrogen and oxygen atoms in total. The molecular formula is C30H36FN3O4S. The second-order valence-corrected chi connectivity index (χ2v) is 11.4. The normalized spacial score (nSPS) is 12.8. The van der Waals surface area contributed by atoms with E-state index >= 15 is 0 Å². The molecule has 9 heteroatoms. The van der Waals surface area contributed by atoms with Crippen molar-refractivity contribution in [3.63, 3.8) is 0 Å². The van der Waals surface area contributed by atoms with Crippen LogP contribution in [0, 0.1) is 12.7 Å². The molecule has 1 N–H and O–H groups in total. The number of benzene rings is 3. The SMILES string of the molecule is CCC(C)NC(=O)C(CC)N(Cc1ccc(C)cc1)C(=O)CN(c1ccccc1)S(=O)(=O)c1ccc(F)cc1. The lowest BCUT2D eigenvalue weighted by Crippen LogP contribution is -2.53. The minimum Gasteiger partial charge on any atom is -0.352 e. The van der Waals surface area contributed by atoms with Crippen LogP contribution in [0.4, 0.5) is 10.1 Å². The number of hydrogen-bond donors (Lipinski definition) is 1. The Labute approximate surface area is 230 Å². The molecule has 0 saturated carbocycles. The Balaban J connectivity index is 2.02. The quantitative estimate of drug-likeness (QED) is 0.340. The third-order valence-electron chi connectivity index (χ3n) is 6.59. The predicted octanol–water partition coefficient (Wildman–Crippen LogP) is 5.05. The number of carbonyl (C=O) groups is 2. The Hall–Kier alpha value is -3.72. The molecule has 39 heavy (non-hydrogen) atoms. The summed E-state index contributed by atoms with van der Waals surface area (Å²) < 4.78 is 42.0. The average molecular weight is 554 g/mol. The van der Waals surface area contributed by atoms with Crippen molar-refractivity contribution in [2.24, 2.45) is 0 Å². The van der Waals surface area contributed by atoms with E-state index in [2.05, 4.69) is 5.32 Å². The number of hydrogen-bond acceptors (Lipinski definition) is 4. The van der Waals surface area contributed by atoms with Crippen LogP contribution in [-0.2, 0) is 26.2 Å². The first-order valence-corrected chi connectivity index (χ1v) is 14.5. The highest BCUT2D eigenvalue weighted by atomic mass is 32.2. The van der Waals surface area contributed by atoms with Crippen molar-refractivity contribution in [3.05, 3.63) is 95.8 Å². The van der Waals surface area contributed by atoms with E-state index in [1.54, 1.807) is 30.3 Å². The van der Waals surface area contributed by atoms with Crippen LogP contribution in [0.1, 0.15) is 44.7 Å². The Kier molecular flexibility index (Phi) is 10.2. The Bertz CT molecular complexity index is 1350. The summed E-state index contributed by atoms with van der Waals surface area (Å²) in [5, 5.41) is 2.96. The number of nitrogens with zero attached hydrogens (tertiary/aromatic N) is 2. The van der Waals surface area contributed by atoms with Gasteiger partial charge in [-0.3, -0.25) is 13.9 Å². The minimum absolute atomic E-state index is 0.0810. The molecule has 0 radical (unpaired) electrons. The molecule has 0 saturated heterocycles. The fourth-order valence-corrected chi connectivity index (χ4v) is 5.52. The van der Waals surface area contributed by atoms with Gasteiger partial charge >= 0.3 is 0 Å². The first-order chi connectivity index (χ1) is 18.6. The third kappa shape index (κ3) is 7.66. The van der Waals surface area contributed by atoms with Crippen molar-refractivity contribution >= 4 is 27.5 Å². The number of carbonyl (C=O) groups excluding carboxylic acids is 2. The summed E-state index contributed by atoms with van der Waals surface area (Å²) >= 11 is 0. The Morgan fingerprint density at radius 2 is 1.51 bits per heavy atom. The van der Waals surface area contributed by atoms with Gasteiger partial charge in [-0.15, -0.1) is 0 Å². The molecule has 0 aliphatic heterocycles.